The maximum atomic E-state index is 5.79. The van der Waals surface area contributed by atoms with Crippen molar-refractivity contribution in [3.05, 3.63) is 28.8 Å². The minimum atomic E-state index is 0.655. The first-order valence-corrected chi connectivity index (χ1v) is 4.34. The van der Waals surface area contributed by atoms with E-state index in [1.165, 1.54) is 0 Å². The molecule has 0 aliphatic rings. The summed E-state index contributed by atoms with van der Waals surface area (Å²) in [7, 11) is 0. The Morgan fingerprint density at radius 1 is 1.33 bits per heavy atom. The van der Waals surface area contributed by atoms with Crippen molar-refractivity contribution in [2.24, 2.45) is 5.84 Å². The fourth-order valence-corrected chi connectivity index (χ4v) is 1.03. The average Bonchev–Trinajstić information content (AvgIpc) is 2.08. The van der Waals surface area contributed by atoms with Crippen LogP contribution in [0.5, 0.6) is 0 Å². The number of rotatable bonds is 1. The predicted molar refractivity (Wildman–Crippen MR) is 55.3 cm³/mol. The van der Waals surface area contributed by atoms with Gasteiger partial charge in [0.15, 0.2) is 0 Å². The smallest absolute Gasteiger partial charge is 0.0672 e. The summed E-state index contributed by atoms with van der Waals surface area (Å²) in [6, 6.07) is 5.65. The van der Waals surface area contributed by atoms with Gasteiger partial charge in [-0.15, -0.1) is 0 Å². The molecule has 2 nitrogen and oxygen atoms in total. The predicted octanol–water partition coefficient (Wildman–Crippen LogP) is 2.96. The van der Waals surface area contributed by atoms with Crippen molar-refractivity contribution >= 4 is 17.3 Å². The van der Waals surface area contributed by atoms with Crippen LogP contribution in [0.1, 0.15) is 19.4 Å². The van der Waals surface area contributed by atoms with E-state index in [2.05, 4.69) is 5.43 Å². The van der Waals surface area contributed by atoms with Crippen molar-refractivity contribution in [1.29, 1.82) is 0 Å². The molecule has 1 rings (SSSR count). The number of nitrogens with one attached hydrogen (secondary N) is 1. The highest BCUT2D eigenvalue weighted by molar-refractivity contribution is 6.33. The number of hydrogen-bond acceptors (Lipinski definition) is 2. The maximum absolute atomic E-state index is 5.79. The molecule has 1 aromatic rings. The Kier molecular flexibility index (Phi) is 5.51. The highest BCUT2D eigenvalue weighted by Crippen LogP contribution is 2.20. The molecule has 0 fully saturated rings. The zero-order valence-electron chi connectivity index (χ0n) is 7.69. The zero-order valence-corrected chi connectivity index (χ0v) is 8.44. The first kappa shape index (κ1) is 11.3. The molecule has 0 amide bonds. The summed E-state index contributed by atoms with van der Waals surface area (Å²) in [5.41, 5.74) is 4.38. The van der Waals surface area contributed by atoms with Crippen LogP contribution in [0.4, 0.5) is 5.69 Å². The third-order valence-corrected chi connectivity index (χ3v) is 1.59. The van der Waals surface area contributed by atoms with Crippen LogP contribution in [-0.2, 0) is 0 Å². The van der Waals surface area contributed by atoms with E-state index in [0.717, 1.165) is 11.3 Å². The number of hydrogen-bond donors (Lipinski definition) is 2. The summed E-state index contributed by atoms with van der Waals surface area (Å²) in [6.07, 6.45) is 0. The molecule has 0 aromatic heterocycles. The number of halogens is 1. The Balaban J connectivity index is 0.000000561. The van der Waals surface area contributed by atoms with Gasteiger partial charge < -0.3 is 5.43 Å². The lowest BCUT2D eigenvalue weighted by Gasteiger charge is -2.02. The summed E-state index contributed by atoms with van der Waals surface area (Å²) >= 11 is 5.79. The molecule has 0 spiro atoms. The summed E-state index contributed by atoms with van der Waals surface area (Å²) in [5.74, 6) is 5.17. The molecule has 3 N–H and O–H groups in total. The molecule has 1 aromatic carbocycles. The molecule has 0 saturated carbocycles. The molecule has 0 unspecified atom stereocenters. The van der Waals surface area contributed by atoms with Crippen molar-refractivity contribution in [2.45, 2.75) is 20.8 Å². The van der Waals surface area contributed by atoms with E-state index in [4.69, 9.17) is 17.4 Å². The molecule has 0 aliphatic carbocycles. The largest absolute Gasteiger partial charge is 0.323 e. The van der Waals surface area contributed by atoms with Gasteiger partial charge in [-0.2, -0.15) is 0 Å². The maximum Gasteiger partial charge on any atom is 0.0672 e. The molecular weight excluding hydrogens is 172 g/mol. The highest BCUT2D eigenvalue weighted by Gasteiger charge is 1.95. The topological polar surface area (TPSA) is 38.0 Å². The molecule has 0 radical (unpaired) electrons. The second kappa shape index (κ2) is 5.86. The lowest BCUT2D eigenvalue weighted by atomic mass is 10.2. The number of nitrogens with two attached hydrogens (primary N) is 1. The van der Waals surface area contributed by atoms with Gasteiger partial charge in [-0.3, -0.25) is 5.84 Å². The number of nitrogen functional groups attached to an aromatic ring is 1. The van der Waals surface area contributed by atoms with E-state index in [9.17, 15) is 0 Å². The van der Waals surface area contributed by atoms with E-state index >= 15 is 0 Å². The van der Waals surface area contributed by atoms with Gasteiger partial charge in [-0.05, 0) is 24.6 Å². The van der Waals surface area contributed by atoms with Crippen molar-refractivity contribution in [2.75, 3.05) is 5.43 Å². The fourth-order valence-electron chi connectivity index (χ4n) is 0.737. The van der Waals surface area contributed by atoms with E-state index in [0.29, 0.717) is 5.02 Å². The Bertz CT molecular complexity index is 236. The molecule has 68 valence electrons. The molecule has 0 bridgehead atoms. The van der Waals surface area contributed by atoms with E-state index < -0.39 is 0 Å². The van der Waals surface area contributed by atoms with Crippen LogP contribution in [0.3, 0.4) is 0 Å². The van der Waals surface area contributed by atoms with Crippen LogP contribution in [0.25, 0.3) is 0 Å². The number of hydrazine groups is 1. The second-order valence-electron chi connectivity index (χ2n) is 2.13. The van der Waals surface area contributed by atoms with Crippen LogP contribution >= 0.6 is 11.6 Å². The van der Waals surface area contributed by atoms with Crippen LogP contribution in [0, 0.1) is 6.92 Å². The van der Waals surface area contributed by atoms with Gasteiger partial charge in [0.25, 0.3) is 0 Å². The van der Waals surface area contributed by atoms with Gasteiger partial charge in [-0.1, -0.05) is 31.5 Å². The first-order chi connectivity index (χ1) is 5.74. The molecule has 12 heavy (non-hydrogen) atoms. The van der Waals surface area contributed by atoms with Crippen LogP contribution in [0.15, 0.2) is 18.2 Å². The van der Waals surface area contributed by atoms with Gasteiger partial charge in [-0.25, -0.2) is 0 Å². The molecule has 0 saturated heterocycles. The number of anilines is 1. The Morgan fingerprint density at radius 2 is 1.92 bits per heavy atom. The number of benzene rings is 1. The third-order valence-electron chi connectivity index (χ3n) is 1.28. The SMILES string of the molecule is CC.Cc1ccc(NN)c(Cl)c1. The summed E-state index contributed by atoms with van der Waals surface area (Å²) in [6.45, 7) is 5.98. The summed E-state index contributed by atoms with van der Waals surface area (Å²) in [4.78, 5) is 0. The zero-order chi connectivity index (χ0) is 9.56. The minimum absolute atomic E-state index is 0.655. The molecule has 0 atom stereocenters. The standard InChI is InChI=1S/C7H9ClN2.C2H6/c1-5-2-3-7(10-9)6(8)4-5;1-2/h2-4,10H,9H2,1H3;1-2H3. The Hall–Kier alpha value is -0.730. The molecular formula is C9H15ClN2. The third kappa shape index (κ3) is 3.11. The number of aryl methyl sites for hydroxylation is 1. The van der Waals surface area contributed by atoms with Crippen molar-refractivity contribution in [3.63, 3.8) is 0 Å². The summed E-state index contributed by atoms with van der Waals surface area (Å²) in [5, 5.41) is 0.655. The lowest BCUT2D eigenvalue weighted by molar-refractivity contribution is 1.34. The van der Waals surface area contributed by atoms with E-state index in [1.54, 1.807) is 0 Å². The van der Waals surface area contributed by atoms with Crippen LogP contribution < -0.4 is 11.3 Å². The fraction of sp³-hybridized carbons (Fsp3) is 0.333. The van der Waals surface area contributed by atoms with E-state index in [-0.39, 0.29) is 0 Å². The lowest BCUT2D eigenvalue weighted by Crippen LogP contribution is -2.06. The van der Waals surface area contributed by atoms with Gasteiger partial charge >= 0.3 is 0 Å². The molecule has 0 heterocycles. The van der Waals surface area contributed by atoms with Crippen LogP contribution in [0.2, 0.25) is 5.02 Å². The van der Waals surface area contributed by atoms with Gasteiger partial charge in [0.1, 0.15) is 0 Å². The van der Waals surface area contributed by atoms with Crippen molar-refractivity contribution < 1.29 is 0 Å². The van der Waals surface area contributed by atoms with Gasteiger partial charge in [0.2, 0.25) is 0 Å². The van der Waals surface area contributed by atoms with Crippen LogP contribution in [-0.4, -0.2) is 0 Å². The summed E-state index contributed by atoms with van der Waals surface area (Å²) < 4.78 is 0. The van der Waals surface area contributed by atoms with Crippen molar-refractivity contribution in [1.82, 2.24) is 0 Å². The first-order valence-electron chi connectivity index (χ1n) is 3.97. The normalized spacial score (nSPS) is 8.42. The molecule has 0 aliphatic heterocycles. The van der Waals surface area contributed by atoms with E-state index in [1.807, 2.05) is 39.0 Å². The van der Waals surface area contributed by atoms with Crippen molar-refractivity contribution in [3.8, 4) is 0 Å². The Morgan fingerprint density at radius 3 is 2.33 bits per heavy atom. The second-order valence-corrected chi connectivity index (χ2v) is 2.53. The van der Waals surface area contributed by atoms with Gasteiger partial charge in [0, 0.05) is 0 Å². The Labute approximate surface area is 78.7 Å². The highest BCUT2D eigenvalue weighted by atomic mass is 35.5. The minimum Gasteiger partial charge on any atom is -0.323 e. The quantitative estimate of drug-likeness (QED) is 0.523. The van der Waals surface area contributed by atoms with Gasteiger partial charge in [0.05, 0.1) is 10.7 Å². The monoisotopic (exact) mass is 186 g/mol. The molecule has 3 heteroatoms. The average molecular weight is 187 g/mol.